The molecule has 0 fully saturated rings. The van der Waals surface area contributed by atoms with Crippen LogP contribution in [-0.2, 0) is 14.6 Å². The number of sulfone groups is 1. The monoisotopic (exact) mass is 371 g/mol. The largest absolute Gasteiger partial charge is 0.394 e. The summed E-state index contributed by atoms with van der Waals surface area (Å²) >= 11 is 1.22. The lowest BCUT2D eigenvalue weighted by atomic mass is 10.1. The minimum Gasteiger partial charge on any atom is -0.394 e. The lowest BCUT2D eigenvalue weighted by Crippen LogP contribution is -2.30. The van der Waals surface area contributed by atoms with E-state index in [1.54, 1.807) is 33.0 Å². The highest BCUT2D eigenvalue weighted by atomic mass is 32.2. The van der Waals surface area contributed by atoms with Crippen molar-refractivity contribution in [2.75, 3.05) is 23.9 Å². The average molecular weight is 371 g/mol. The predicted octanol–water partition coefficient (Wildman–Crippen LogP) is 1.25. The zero-order valence-electron chi connectivity index (χ0n) is 13.9. The van der Waals surface area contributed by atoms with Crippen LogP contribution in [0, 0.1) is 0 Å². The number of nitrogen functional groups attached to an aromatic ring is 1. The van der Waals surface area contributed by atoms with Gasteiger partial charge in [-0.25, -0.2) is 23.4 Å². The van der Waals surface area contributed by atoms with E-state index in [0.717, 1.165) is 0 Å². The molecule has 0 saturated heterocycles. The maximum Gasteiger partial charge on any atom is 0.180 e. The highest BCUT2D eigenvalue weighted by molar-refractivity contribution is 7.91. The molecule has 2 aromatic rings. The Morgan fingerprint density at radius 1 is 1.42 bits per heavy atom. The normalized spacial score (nSPS) is 13.7. The van der Waals surface area contributed by atoms with E-state index in [1.165, 1.54) is 17.6 Å². The molecule has 0 aromatic carbocycles. The van der Waals surface area contributed by atoms with Crippen LogP contribution in [0.3, 0.4) is 0 Å². The van der Waals surface area contributed by atoms with Crippen molar-refractivity contribution < 1.29 is 13.5 Å². The Balaban J connectivity index is 2.60. The van der Waals surface area contributed by atoms with Gasteiger partial charge in [0.15, 0.2) is 20.8 Å². The Bertz CT molecular complexity index is 833. The molecule has 132 valence electrons. The predicted molar refractivity (Wildman–Crippen MR) is 95.6 cm³/mol. The molecular formula is C14H21N5O3S2. The lowest BCUT2D eigenvalue weighted by Gasteiger charge is -2.23. The number of thiazole rings is 1. The van der Waals surface area contributed by atoms with E-state index >= 15 is 0 Å². The SMILES string of the molecule is C[C@@H](CO)Nc1cc(C(C)(C)S(C)(=O)=O)nc(-c2cnc(N)s2)n1. The van der Waals surface area contributed by atoms with Crippen LogP contribution in [0.15, 0.2) is 12.3 Å². The molecular weight excluding hydrogens is 350 g/mol. The lowest BCUT2D eigenvalue weighted by molar-refractivity contribution is 0.281. The van der Waals surface area contributed by atoms with E-state index < -0.39 is 14.6 Å². The summed E-state index contributed by atoms with van der Waals surface area (Å²) in [6.45, 7) is 4.88. The van der Waals surface area contributed by atoms with Crippen molar-refractivity contribution in [1.29, 1.82) is 0 Å². The fourth-order valence-electron chi connectivity index (χ4n) is 1.82. The molecule has 8 nitrogen and oxygen atoms in total. The molecule has 0 aliphatic rings. The third-order valence-electron chi connectivity index (χ3n) is 3.68. The summed E-state index contributed by atoms with van der Waals surface area (Å²) in [4.78, 5) is 13.4. The van der Waals surface area contributed by atoms with Crippen LogP contribution in [0.25, 0.3) is 10.7 Å². The van der Waals surface area contributed by atoms with Crippen LogP contribution in [0.2, 0.25) is 0 Å². The van der Waals surface area contributed by atoms with Crippen molar-refractivity contribution in [3.63, 3.8) is 0 Å². The van der Waals surface area contributed by atoms with Gasteiger partial charge in [-0.15, -0.1) is 0 Å². The zero-order chi connectivity index (χ0) is 18.1. The third-order valence-corrected chi connectivity index (χ3v) is 6.57. The summed E-state index contributed by atoms with van der Waals surface area (Å²) in [5.74, 6) is 0.770. The molecule has 0 unspecified atom stereocenters. The average Bonchev–Trinajstić information content (AvgIpc) is 2.92. The molecule has 2 aromatic heterocycles. The van der Waals surface area contributed by atoms with Crippen LogP contribution in [0.1, 0.15) is 26.5 Å². The minimum absolute atomic E-state index is 0.0857. The number of anilines is 2. The van der Waals surface area contributed by atoms with E-state index in [2.05, 4.69) is 20.3 Å². The first kappa shape index (κ1) is 18.6. The molecule has 0 saturated carbocycles. The van der Waals surface area contributed by atoms with Gasteiger partial charge in [-0.05, 0) is 20.8 Å². The number of aliphatic hydroxyl groups is 1. The van der Waals surface area contributed by atoms with E-state index in [-0.39, 0.29) is 12.6 Å². The van der Waals surface area contributed by atoms with Gasteiger partial charge in [0.1, 0.15) is 10.6 Å². The molecule has 4 N–H and O–H groups in total. The van der Waals surface area contributed by atoms with Crippen molar-refractivity contribution in [3.8, 4) is 10.7 Å². The van der Waals surface area contributed by atoms with Crippen LogP contribution in [0.4, 0.5) is 10.9 Å². The number of nitrogens with two attached hydrogens (primary N) is 1. The smallest absolute Gasteiger partial charge is 0.180 e. The second kappa shape index (κ2) is 6.61. The Morgan fingerprint density at radius 3 is 2.58 bits per heavy atom. The van der Waals surface area contributed by atoms with Gasteiger partial charge >= 0.3 is 0 Å². The van der Waals surface area contributed by atoms with Gasteiger partial charge in [0.25, 0.3) is 0 Å². The molecule has 0 aliphatic carbocycles. The van der Waals surface area contributed by atoms with Crippen LogP contribution < -0.4 is 11.1 Å². The first-order chi connectivity index (χ1) is 11.0. The van der Waals surface area contributed by atoms with Crippen LogP contribution >= 0.6 is 11.3 Å². The number of aromatic nitrogens is 3. The molecule has 0 radical (unpaired) electrons. The number of hydrogen-bond acceptors (Lipinski definition) is 9. The van der Waals surface area contributed by atoms with Crippen molar-refractivity contribution in [3.05, 3.63) is 18.0 Å². The fourth-order valence-corrected chi connectivity index (χ4v) is 2.92. The Hall–Kier alpha value is -1.78. The maximum absolute atomic E-state index is 12.1. The zero-order valence-corrected chi connectivity index (χ0v) is 15.6. The van der Waals surface area contributed by atoms with Gasteiger partial charge in [0.05, 0.1) is 23.4 Å². The second-order valence-electron chi connectivity index (χ2n) is 6.04. The standard InChI is InChI=1S/C14H21N5O3S2/c1-8(7-20)17-11-5-10(14(2,3)24(4,21)22)18-12(19-11)9-6-16-13(15)23-9/h5-6,8,20H,7H2,1-4H3,(H2,15,16)(H,17,18,19)/t8-/m0/s1. The van der Waals surface area contributed by atoms with Crippen LogP contribution in [-0.4, -0.2) is 47.4 Å². The minimum atomic E-state index is -3.40. The Kier molecular flexibility index (Phi) is 5.11. The summed E-state index contributed by atoms with van der Waals surface area (Å²) in [7, 11) is -3.40. The van der Waals surface area contributed by atoms with E-state index in [1.807, 2.05) is 0 Å². The van der Waals surface area contributed by atoms with Crippen molar-refractivity contribution in [2.45, 2.75) is 31.6 Å². The quantitative estimate of drug-likeness (QED) is 0.691. The van der Waals surface area contributed by atoms with Crippen molar-refractivity contribution in [1.82, 2.24) is 15.0 Å². The number of hydrogen-bond donors (Lipinski definition) is 3. The van der Waals surface area contributed by atoms with Gasteiger partial charge in [-0.3, -0.25) is 0 Å². The third kappa shape index (κ3) is 3.82. The van der Waals surface area contributed by atoms with E-state index in [4.69, 9.17) is 5.73 Å². The molecule has 0 amide bonds. The van der Waals surface area contributed by atoms with Gasteiger partial charge in [0, 0.05) is 18.4 Å². The van der Waals surface area contributed by atoms with Gasteiger partial charge in [0.2, 0.25) is 0 Å². The Labute approximate surface area is 145 Å². The van der Waals surface area contributed by atoms with Crippen molar-refractivity contribution >= 4 is 32.1 Å². The van der Waals surface area contributed by atoms with Gasteiger partial charge in [-0.2, -0.15) is 0 Å². The molecule has 2 rings (SSSR count). The molecule has 1 atom stereocenters. The molecule has 2 heterocycles. The van der Waals surface area contributed by atoms with E-state index in [0.29, 0.717) is 27.3 Å². The highest BCUT2D eigenvalue weighted by Gasteiger charge is 2.35. The summed E-state index contributed by atoms with van der Waals surface area (Å²) in [5.41, 5.74) is 6.01. The summed E-state index contributed by atoms with van der Waals surface area (Å²) < 4.78 is 23.1. The number of nitrogens with zero attached hydrogens (tertiary/aromatic N) is 3. The number of rotatable bonds is 6. The second-order valence-corrected chi connectivity index (χ2v) is 9.66. The van der Waals surface area contributed by atoms with Crippen LogP contribution in [0.5, 0.6) is 0 Å². The summed E-state index contributed by atoms with van der Waals surface area (Å²) in [6, 6.07) is 1.34. The number of aliphatic hydroxyl groups excluding tert-OH is 1. The number of nitrogens with one attached hydrogen (secondary N) is 1. The maximum atomic E-state index is 12.1. The fraction of sp³-hybridized carbons (Fsp3) is 0.500. The molecule has 10 heteroatoms. The van der Waals surface area contributed by atoms with Crippen molar-refractivity contribution in [2.24, 2.45) is 0 Å². The summed E-state index contributed by atoms with van der Waals surface area (Å²) in [5, 5.41) is 12.6. The summed E-state index contributed by atoms with van der Waals surface area (Å²) in [6.07, 6.45) is 2.72. The van der Waals surface area contributed by atoms with Gasteiger partial charge < -0.3 is 16.2 Å². The molecule has 0 aliphatic heterocycles. The Morgan fingerprint density at radius 2 is 2.08 bits per heavy atom. The first-order valence-electron chi connectivity index (χ1n) is 7.23. The molecule has 0 spiro atoms. The van der Waals surface area contributed by atoms with Gasteiger partial charge in [-0.1, -0.05) is 11.3 Å². The highest BCUT2D eigenvalue weighted by Crippen LogP contribution is 2.32. The topological polar surface area (TPSA) is 131 Å². The first-order valence-corrected chi connectivity index (χ1v) is 9.93. The van der Waals surface area contributed by atoms with E-state index in [9.17, 15) is 13.5 Å². The molecule has 0 bridgehead atoms. The molecule has 24 heavy (non-hydrogen) atoms.